The average Bonchev–Trinajstić information content (AvgIpc) is 2.45. The summed E-state index contributed by atoms with van der Waals surface area (Å²) in [5, 5.41) is 3.29. The number of hydrogen-bond donors (Lipinski definition) is 1. The van der Waals surface area contributed by atoms with Crippen LogP contribution in [0.1, 0.15) is 48.5 Å². The zero-order chi connectivity index (χ0) is 17.9. The number of nitrogens with zero attached hydrogens (tertiary/aromatic N) is 3. The van der Waals surface area contributed by atoms with Crippen molar-refractivity contribution in [2.75, 3.05) is 38.5 Å². The first kappa shape index (κ1) is 20.2. The Labute approximate surface area is 142 Å². The third-order valence-corrected chi connectivity index (χ3v) is 7.19. The zero-order valence-electron chi connectivity index (χ0n) is 15.8. The Balaban J connectivity index is 2.79. The monoisotopic (exact) mass is 346 g/mol. The Hall–Kier alpha value is -0.820. The molecule has 0 radical (unpaired) electrons. The molecule has 0 aliphatic carbocycles. The molecule has 136 valence electrons. The van der Waals surface area contributed by atoms with E-state index in [4.69, 9.17) is 0 Å². The minimum absolute atomic E-state index is 0.00571. The highest BCUT2D eigenvalue weighted by Gasteiger charge is 2.53. The lowest BCUT2D eigenvalue weighted by atomic mass is 9.65. The van der Waals surface area contributed by atoms with Crippen LogP contribution in [0, 0.1) is 5.41 Å². The molecule has 0 amide bonds. The molecule has 1 heterocycles. The number of guanidine groups is 1. The van der Waals surface area contributed by atoms with Gasteiger partial charge in [0.15, 0.2) is 5.96 Å². The molecule has 7 heteroatoms. The van der Waals surface area contributed by atoms with Gasteiger partial charge >= 0.3 is 0 Å². The molecule has 6 nitrogen and oxygen atoms in total. The van der Waals surface area contributed by atoms with Crippen molar-refractivity contribution in [1.82, 2.24) is 14.5 Å². The molecule has 0 saturated carbocycles. The van der Waals surface area contributed by atoms with Crippen LogP contribution in [0.2, 0.25) is 0 Å². The van der Waals surface area contributed by atoms with E-state index in [0.29, 0.717) is 13.1 Å². The molecule has 23 heavy (non-hydrogen) atoms. The molecule has 1 N–H and O–H groups in total. The van der Waals surface area contributed by atoms with Crippen LogP contribution in [0.25, 0.3) is 0 Å². The second kappa shape index (κ2) is 7.38. The molecule has 0 aromatic carbocycles. The van der Waals surface area contributed by atoms with Crippen LogP contribution in [0.5, 0.6) is 0 Å². The fraction of sp³-hybridized carbons (Fsp3) is 0.938. The molecule has 0 bridgehead atoms. The van der Waals surface area contributed by atoms with Crippen LogP contribution in [-0.2, 0) is 10.0 Å². The number of rotatable bonds is 7. The van der Waals surface area contributed by atoms with Crippen molar-refractivity contribution < 1.29 is 8.42 Å². The SMILES string of the molecule is CCNC(=NCCS(=O)(=O)N(CC)CC)N1CC(C)(C)C1(C)C. The topological polar surface area (TPSA) is 65.0 Å². The van der Waals surface area contributed by atoms with Gasteiger partial charge in [0.05, 0.1) is 12.3 Å². The zero-order valence-corrected chi connectivity index (χ0v) is 16.6. The molecular formula is C16H34N4O2S. The van der Waals surface area contributed by atoms with E-state index in [1.807, 2.05) is 20.8 Å². The van der Waals surface area contributed by atoms with Gasteiger partial charge in [-0.2, -0.15) is 0 Å². The van der Waals surface area contributed by atoms with Gasteiger partial charge in [0.2, 0.25) is 10.0 Å². The molecule has 0 aromatic rings. The third-order valence-electron chi connectivity index (χ3n) is 5.18. The van der Waals surface area contributed by atoms with Crippen LogP contribution >= 0.6 is 0 Å². The Morgan fingerprint density at radius 3 is 2.13 bits per heavy atom. The molecule has 0 spiro atoms. The summed E-state index contributed by atoms with van der Waals surface area (Å²) in [4.78, 5) is 6.80. The summed E-state index contributed by atoms with van der Waals surface area (Å²) in [6.07, 6.45) is 0. The molecular weight excluding hydrogens is 312 g/mol. The third kappa shape index (κ3) is 4.18. The largest absolute Gasteiger partial charge is 0.356 e. The number of nitrogens with one attached hydrogen (secondary N) is 1. The summed E-state index contributed by atoms with van der Waals surface area (Å²) in [6.45, 7) is 17.7. The van der Waals surface area contributed by atoms with Crippen molar-refractivity contribution in [3.8, 4) is 0 Å². The van der Waals surface area contributed by atoms with E-state index in [9.17, 15) is 8.42 Å². The summed E-state index contributed by atoms with van der Waals surface area (Å²) in [6, 6.07) is 0. The number of sulfonamides is 1. The molecule has 0 aromatic heterocycles. The molecule has 1 aliphatic heterocycles. The fourth-order valence-corrected chi connectivity index (χ4v) is 4.17. The maximum Gasteiger partial charge on any atom is 0.215 e. The van der Waals surface area contributed by atoms with Crippen molar-refractivity contribution in [3.05, 3.63) is 0 Å². The van der Waals surface area contributed by atoms with Crippen LogP contribution < -0.4 is 5.32 Å². The first-order chi connectivity index (χ1) is 10.5. The second-order valence-corrected chi connectivity index (χ2v) is 9.25. The Morgan fingerprint density at radius 2 is 1.74 bits per heavy atom. The maximum absolute atomic E-state index is 12.2. The van der Waals surface area contributed by atoms with Gasteiger partial charge in [-0.3, -0.25) is 4.99 Å². The van der Waals surface area contributed by atoms with Crippen molar-refractivity contribution in [1.29, 1.82) is 0 Å². The van der Waals surface area contributed by atoms with E-state index >= 15 is 0 Å². The summed E-state index contributed by atoms with van der Waals surface area (Å²) >= 11 is 0. The van der Waals surface area contributed by atoms with Crippen molar-refractivity contribution >= 4 is 16.0 Å². The first-order valence-corrected chi connectivity index (χ1v) is 10.2. The summed E-state index contributed by atoms with van der Waals surface area (Å²) in [7, 11) is -3.22. The van der Waals surface area contributed by atoms with E-state index < -0.39 is 10.0 Å². The van der Waals surface area contributed by atoms with E-state index in [-0.39, 0.29) is 23.3 Å². The van der Waals surface area contributed by atoms with Gasteiger partial charge in [-0.25, -0.2) is 12.7 Å². The lowest BCUT2D eigenvalue weighted by Crippen LogP contribution is -2.72. The van der Waals surface area contributed by atoms with Gasteiger partial charge in [0.1, 0.15) is 0 Å². The van der Waals surface area contributed by atoms with Gasteiger partial charge in [-0.05, 0) is 20.8 Å². The second-order valence-electron chi connectivity index (χ2n) is 7.17. The van der Waals surface area contributed by atoms with Crippen LogP contribution in [0.3, 0.4) is 0 Å². The smallest absolute Gasteiger partial charge is 0.215 e. The molecule has 0 unspecified atom stereocenters. The number of hydrogen-bond acceptors (Lipinski definition) is 3. The first-order valence-electron chi connectivity index (χ1n) is 8.57. The van der Waals surface area contributed by atoms with Crippen molar-refractivity contribution in [2.24, 2.45) is 10.4 Å². The lowest BCUT2D eigenvalue weighted by Gasteiger charge is -2.62. The summed E-state index contributed by atoms with van der Waals surface area (Å²) < 4.78 is 26.0. The Morgan fingerprint density at radius 1 is 1.17 bits per heavy atom. The normalized spacial score (nSPS) is 20.5. The fourth-order valence-electron chi connectivity index (χ4n) is 2.81. The van der Waals surface area contributed by atoms with Gasteiger partial charge in [0, 0.05) is 37.1 Å². The van der Waals surface area contributed by atoms with Gasteiger partial charge in [-0.15, -0.1) is 0 Å². The molecule has 1 aliphatic rings. The van der Waals surface area contributed by atoms with E-state index in [2.05, 4.69) is 42.9 Å². The predicted molar refractivity (Wildman–Crippen MR) is 97.3 cm³/mol. The Kier molecular flexibility index (Phi) is 6.49. The van der Waals surface area contributed by atoms with Crippen molar-refractivity contribution in [3.63, 3.8) is 0 Å². The minimum atomic E-state index is -3.22. The molecule has 1 fully saturated rings. The minimum Gasteiger partial charge on any atom is -0.356 e. The number of aliphatic imine (C=N–C) groups is 1. The molecule has 0 atom stereocenters. The highest BCUT2D eigenvalue weighted by atomic mass is 32.2. The van der Waals surface area contributed by atoms with E-state index in [1.54, 1.807) is 0 Å². The molecule has 1 saturated heterocycles. The van der Waals surface area contributed by atoms with Crippen LogP contribution in [0.4, 0.5) is 0 Å². The van der Waals surface area contributed by atoms with Crippen LogP contribution in [0.15, 0.2) is 4.99 Å². The lowest BCUT2D eigenvalue weighted by molar-refractivity contribution is -0.0667. The quantitative estimate of drug-likeness (QED) is 0.563. The standard InChI is InChI=1S/C16H34N4O2S/c1-8-17-14(20-13-15(4,5)16(20,6)7)18-11-12-23(21,22)19(9-2)10-3/h8-13H2,1-7H3,(H,17,18). The predicted octanol–water partition coefficient (Wildman–Crippen LogP) is 1.74. The maximum atomic E-state index is 12.2. The van der Waals surface area contributed by atoms with E-state index in [1.165, 1.54) is 4.31 Å². The number of likely N-dealkylation sites (tertiary alicyclic amines) is 1. The Bertz CT molecular complexity index is 522. The summed E-state index contributed by atoms with van der Waals surface area (Å²) in [5.74, 6) is 0.868. The highest BCUT2D eigenvalue weighted by Crippen LogP contribution is 2.46. The van der Waals surface area contributed by atoms with E-state index in [0.717, 1.165) is 19.0 Å². The molecule has 1 rings (SSSR count). The highest BCUT2D eigenvalue weighted by molar-refractivity contribution is 7.89. The van der Waals surface area contributed by atoms with Gasteiger partial charge in [0.25, 0.3) is 0 Å². The van der Waals surface area contributed by atoms with Crippen molar-refractivity contribution in [2.45, 2.75) is 54.0 Å². The average molecular weight is 347 g/mol. The van der Waals surface area contributed by atoms with Gasteiger partial charge < -0.3 is 10.2 Å². The van der Waals surface area contributed by atoms with Gasteiger partial charge in [-0.1, -0.05) is 27.7 Å². The summed E-state index contributed by atoms with van der Waals surface area (Å²) in [5.41, 5.74) is 0.224. The van der Waals surface area contributed by atoms with Crippen LogP contribution in [-0.4, -0.2) is 67.6 Å².